The van der Waals surface area contributed by atoms with Gasteiger partial charge >= 0.3 is 0 Å². The fourth-order valence-corrected chi connectivity index (χ4v) is 6.21. The first-order valence-corrected chi connectivity index (χ1v) is 9.31. The van der Waals surface area contributed by atoms with Gasteiger partial charge in [-0.15, -0.1) is 0 Å². The van der Waals surface area contributed by atoms with E-state index >= 15 is 0 Å². The predicted molar refractivity (Wildman–Crippen MR) is 90.1 cm³/mol. The Balaban J connectivity index is 1.75. The smallest absolute Gasteiger partial charge is 0.0124 e. The van der Waals surface area contributed by atoms with Gasteiger partial charge in [-0.05, 0) is 87.1 Å². The average molecular weight is 293 g/mol. The molecule has 0 aliphatic heterocycles. The van der Waals surface area contributed by atoms with Crippen molar-refractivity contribution >= 4 is 0 Å². The van der Waals surface area contributed by atoms with Crippen molar-refractivity contribution in [2.75, 3.05) is 19.6 Å². The van der Waals surface area contributed by atoms with Crippen molar-refractivity contribution in [3.8, 4) is 0 Å². The molecule has 4 saturated carbocycles. The van der Waals surface area contributed by atoms with Crippen LogP contribution in [0.5, 0.6) is 0 Å². The first-order valence-electron chi connectivity index (χ1n) is 9.31. The van der Waals surface area contributed by atoms with Crippen molar-refractivity contribution in [3.05, 3.63) is 0 Å². The van der Waals surface area contributed by atoms with Gasteiger partial charge in [0.05, 0.1) is 0 Å². The van der Waals surface area contributed by atoms with Crippen LogP contribution in [0.1, 0.15) is 66.2 Å². The second-order valence-electron chi connectivity index (χ2n) is 9.39. The number of nitrogens with zero attached hydrogens (tertiary/aromatic N) is 1. The monoisotopic (exact) mass is 292 g/mol. The normalized spacial score (nSPS) is 40.0. The first kappa shape index (κ1) is 15.8. The molecule has 0 spiro atoms. The molecule has 0 saturated heterocycles. The maximum atomic E-state index is 5.99. The molecule has 2 heteroatoms. The summed E-state index contributed by atoms with van der Waals surface area (Å²) in [5, 5.41) is 0. The van der Waals surface area contributed by atoms with Crippen LogP contribution >= 0.6 is 0 Å². The summed E-state index contributed by atoms with van der Waals surface area (Å²) in [6.45, 7) is 12.6. The van der Waals surface area contributed by atoms with Crippen molar-refractivity contribution in [1.29, 1.82) is 0 Å². The van der Waals surface area contributed by atoms with Crippen LogP contribution in [0.15, 0.2) is 0 Å². The van der Waals surface area contributed by atoms with E-state index < -0.39 is 0 Å². The van der Waals surface area contributed by atoms with E-state index in [9.17, 15) is 0 Å². The molecule has 4 aliphatic carbocycles. The summed E-state index contributed by atoms with van der Waals surface area (Å²) >= 11 is 0. The molecule has 122 valence electrons. The van der Waals surface area contributed by atoms with E-state index in [4.69, 9.17) is 5.73 Å². The Labute approximate surface area is 131 Å². The van der Waals surface area contributed by atoms with Crippen molar-refractivity contribution in [2.24, 2.45) is 34.3 Å². The summed E-state index contributed by atoms with van der Waals surface area (Å²) in [6, 6.07) is 0.738. The van der Waals surface area contributed by atoms with Crippen molar-refractivity contribution in [3.63, 3.8) is 0 Å². The molecule has 2 N–H and O–H groups in total. The lowest BCUT2D eigenvalue weighted by Gasteiger charge is -2.61. The third-order valence-corrected chi connectivity index (χ3v) is 7.11. The van der Waals surface area contributed by atoms with Gasteiger partial charge in [0.15, 0.2) is 0 Å². The summed E-state index contributed by atoms with van der Waals surface area (Å²) in [7, 11) is 0. The lowest BCUT2D eigenvalue weighted by atomic mass is 9.47. The van der Waals surface area contributed by atoms with E-state index in [-0.39, 0.29) is 5.41 Å². The van der Waals surface area contributed by atoms with Crippen molar-refractivity contribution < 1.29 is 0 Å². The summed E-state index contributed by atoms with van der Waals surface area (Å²) in [6.07, 6.45) is 9.18. The second kappa shape index (κ2) is 5.53. The molecule has 4 fully saturated rings. The molecule has 0 amide bonds. The van der Waals surface area contributed by atoms with Gasteiger partial charge in [0.2, 0.25) is 0 Å². The minimum absolute atomic E-state index is 0.243. The molecule has 0 aromatic heterocycles. The number of hydrogen-bond acceptors (Lipinski definition) is 2. The quantitative estimate of drug-likeness (QED) is 0.804. The summed E-state index contributed by atoms with van der Waals surface area (Å²) in [5.74, 6) is 3.17. The summed E-state index contributed by atoms with van der Waals surface area (Å²) < 4.78 is 0. The van der Waals surface area contributed by atoms with Crippen LogP contribution in [0.3, 0.4) is 0 Å². The highest BCUT2D eigenvalue weighted by atomic mass is 15.2. The molecule has 0 aromatic carbocycles. The summed E-state index contributed by atoms with van der Waals surface area (Å²) in [5.41, 5.74) is 6.87. The Morgan fingerprint density at radius 2 is 1.57 bits per heavy atom. The zero-order valence-electron chi connectivity index (χ0n) is 14.7. The lowest BCUT2D eigenvalue weighted by Crippen LogP contribution is -2.57. The number of hydrogen-bond donors (Lipinski definition) is 1. The molecule has 0 heterocycles. The van der Waals surface area contributed by atoms with Crippen LogP contribution in [-0.2, 0) is 0 Å². The molecule has 2 nitrogen and oxygen atoms in total. The van der Waals surface area contributed by atoms with E-state index in [1.54, 1.807) is 19.3 Å². The van der Waals surface area contributed by atoms with Gasteiger partial charge in [-0.1, -0.05) is 20.8 Å². The third-order valence-electron chi connectivity index (χ3n) is 7.11. The molecule has 0 radical (unpaired) electrons. The zero-order valence-corrected chi connectivity index (χ0v) is 14.7. The Kier molecular flexibility index (Phi) is 4.16. The Morgan fingerprint density at radius 1 is 1.10 bits per heavy atom. The highest BCUT2D eigenvalue weighted by Crippen LogP contribution is 2.62. The Bertz CT molecular complexity index is 338. The van der Waals surface area contributed by atoms with Gasteiger partial charge in [0.25, 0.3) is 0 Å². The molecule has 4 rings (SSSR count). The minimum atomic E-state index is 0.243. The van der Waals surface area contributed by atoms with Crippen LogP contribution in [-0.4, -0.2) is 30.6 Å². The number of nitrogens with two attached hydrogens (primary N) is 1. The van der Waals surface area contributed by atoms with Crippen LogP contribution in [0.25, 0.3) is 0 Å². The van der Waals surface area contributed by atoms with Gasteiger partial charge in [0, 0.05) is 12.6 Å². The highest BCUT2D eigenvalue weighted by Gasteiger charge is 2.54. The fourth-order valence-electron chi connectivity index (χ4n) is 6.21. The highest BCUT2D eigenvalue weighted by molar-refractivity contribution is 5.05. The van der Waals surface area contributed by atoms with Crippen LogP contribution < -0.4 is 5.73 Å². The van der Waals surface area contributed by atoms with Gasteiger partial charge in [0.1, 0.15) is 0 Å². The molecule has 1 unspecified atom stereocenters. The van der Waals surface area contributed by atoms with Crippen LogP contribution in [0.4, 0.5) is 0 Å². The molecule has 21 heavy (non-hydrogen) atoms. The number of rotatable bonds is 6. The maximum Gasteiger partial charge on any atom is 0.0124 e. The summed E-state index contributed by atoms with van der Waals surface area (Å²) in [4.78, 5) is 2.75. The molecule has 1 atom stereocenters. The molecule has 4 bridgehead atoms. The van der Waals surface area contributed by atoms with E-state index in [1.165, 1.54) is 25.8 Å². The topological polar surface area (TPSA) is 29.3 Å². The van der Waals surface area contributed by atoms with Gasteiger partial charge in [-0.2, -0.15) is 0 Å². The van der Waals surface area contributed by atoms with Gasteiger partial charge in [-0.25, -0.2) is 0 Å². The molecular formula is C19H36N2. The zero-order chi connectivity index (χ0) is 15.3. The van der Waals surface area contributed by atoms with Crippen molar-refractivity contribution in [1.82, 2.24) is 4.90 Å². The maximum absolute atomic E-state index is 5.99. The van der Waals surface area contributed by atoms with E-state index in [0.29, 0.717) is 5.41 Å². The van der Waals surface area contributed by atoms with Gasteiger partial charge in [-0.3, -0.25) is 4.90 Å². The molecule has 0 aromatic rings. The van der Waals surface area contributed by atoms with Crippen LogP contribution in [0, 0.1) is 28.6 Å². The molecular weight excluding hydrogens is 256 g/mol. The Morgan fingerprint density at radius 3 is 1.95 bits per heavy atom. The van der Waals surface area contributed by atoms with E-state index in [1.807, 2.05) is 0 Å². The van der Waals surface area contributed by atoms with E-state index in [0.717, 1.165) is 36.9 Å². The van der Waals surface area contributed by atoms with Crippen LogP contribution in [0.2, 0.25) is 0 Å². The standard InChI is InChI=1S/C19H36N2/c1-5-21(13-18(3,4)12-20)14(2)19-9-15-6-16(10-19)8-17(7-15)11-19/h14-17H,5-13,20H2,1-4H3. The van der Waals surface area contributed by atoms with Crippen molar-refractivity contribution in [2.45, 2.75) is 72.3 Å². The predicted octanol–water partition coefficient (Wildman–Crippen LogP) is 3.90. The largest absolute Gasteiger partial charge is 0.330 e. The molecule has 4 aliphatic rings. The fraction of sp³-hybridized carbons (Fsp3) is 1.00. The minimum Gasteiger partial charge on any atom is -0.330 e. The Hall–Kier alpha value is -0.0800. The second-order valence-corrected chi connectivity index (χ2v) is 9.39. The lowest BCUT2D eigenvalue weighted by molar-refractivity contribution is -0.0998. The van der Waals surface area contributed by atoms with E-state index in [2.05, 4.69) is 32.6 Å². The van der Waals surface area contributed by atoms with Gasteiger partial charge < -0.3 is 5.73 Å². The first-order chi connectivity index (χ1) is 9.87. The third kappa shape index (κ3) is 2.91. The average Bonchev–Trinajstić information content (AvgIpc) is 2.42. The SMILES string of the molecule is CCN(CC(C)(C)CN)C(C)C12CC3CC(CC(C3)C1)C2.